The molecule has 0 aromatic rings. The summed E-state index contributed by atoms with van der Waals surface area (Å²) in [5.74, 6) is -1.47. The lowest BCUT2D eigenvalue weighted by Crippen LogP contribution is -2.65. The van der Waals surface area contributed by atoms with E-state index in [1.54, 1.807) is 0 Å². The number of carbonyl (C=O) groups is 3. The molecule has 9 heteroatoms. The van der Waals surface area contributed by atoms with Crippen LogP contribution in [-0.4, -0.2) is 63.5 Å². The minimum absolute atomic E-state index is 0.205. The molecule has 0 bridgehead atoms. The zero-order valence-corrected chi connectivity index (χ0v) is 14.2. The number of urea groups is 1. The van der Waals surface area contributed by atoms with Crippen LogP contribution in [0.2, 0.25) is 0 Å². The Morgan fingerprint density at radius 3 is 1.43 bits per heavy atom. The standard InChI is InChI=1S/C14H24N2O7/c1-12(2,22-20)7-14(8-13(3,4)23-21)9(17)15(5)11(19)16(6)10(14)18/h20-21H,7-8H2,1-6H3. The molecule has 1 aliphatic rings. The molecule has 2 N–H and O–H groups in total. The van der Waals surface area contributed by atoms with Gasteiger partial charge < -0.3 is 0 Å². The van der Waals surface area contributed by atoms with Crippen molar-refractivity contribution in [1.82, 2.24) is 9.80 Å². The molecule has 0 aliphatic carbocycles. The minimum atomic E-state index is -1.73. The van der Waals surface area contributed by atoms with E-state index in [1.165, 1.54) is 41.8 Å². The SMILES string of the molecule is CN1C(=O)N(C)C(=O)C(CC(C)(C)OO)(CC(C)(C)OO)C1=O. The highest BCUT2D eigenvalue weighted by Crippen LogP contribution is 2.43. The number of rotatable bonds is 6. The molecule has 0 atom stereocenters. The maximum absolute atomic E-state index is 12.8. The molecule has 1 fully saturated rings. The quantitative estimate of drug-likeness (QED) is 0.428. The summed E-state index contributed by atoms with van der Waals surface area (Å²) in [5, 5.41) is 18.1. The molecule has 0 unspecified atom stereocenters. The first-order chi connectivity index (χ1) is 10.3. The molecule has 132 valence electrons. The molecule has 0 spiro atoms. The molecule has 1 aliphatic heterocycles. The van der Waals surface area contributed by atoms with Crippen LogP contribution in [0.4, 0.5) is 4.79 Å². The van der Waals surface area contributed by atoms with Crippen molar-refractivity contribution in [3.63, 3.8) is 0 Å². The second-order valence-corrected chi connectivity index (χ2v) is 7.15. The highest BCUT2D eigenvalue weighted by atomic mass is 17.1. The summed E-state index contributed by atoms with van der Waals surface area (Å²) in [6.45, 7) is 5.99. The lowest BCUT2D eigenvalue weighted by atomic mass is 9.69. The van der Waals surface area contributed by atoms with Gasteiger partial charge in [0.25, 0.3) is 0 Å². The Morgan fingerprint density at radius 1 is 0.870 bits per heavy atom. The molecule has 1 rings (SSSR count). The zero-order chi connectivity index (χ0) is 18.2. The van der Waals surface area contributed by atoms with Gasteiger partial charge in [0.15, 0.2) is 0 Å². The molecule has 23 heavy (non-hydrogen) atoms. The van der Waals surface area contributed by atoms with Crippen LogP contribution >= 0.6 is 0 Å². The van der Waals surface area contributed by atoms with Gasteiger partial charge in [0, 0.05) is 26.9 Å². The fourth-order valence-corrected chi connectivity index (χ4v) is 3.02. The lowest BCUT2D eigenvalue weighted by Gasteiger charge is -2.46. The van der Waals surface area contributed by atoms with Gasteiger partial charge >= 0.3 is 6.03 Å². The number of hydrogen-bond donors (Lipinski definition) is 2. The average Bonchev–Trinajstić information content (AvgIpc) is 2.48. The molecule has 1 heterocycles. The van der Waals surface area contributed by atoms with Gasteiger partial charge in [-0.3, -0.25) is 29.9 Å². The van der Waals surface area contributed by atoms with Crippen LogP contribution in [0.5, 0.6) is 0 Å². The summed E-state index contributed by atoms with van der Waals surface area (Å²) in [6, 6.07) is -0.749. The number of barbiturate groups is 1. The van der Waals surface area contributed by atoms with Gasteiger partial charge in [-0.15, -0.1) is 0 Å². The van der Waals surface area contributed by atoms with Gasteiger partial charge in [-0.2, -0.15) is 0 Å². The first kappa shape index (κ1) is 19.5. The smallest absolute Gasteiger partial charge is 0.273 e. The highest BCUT2D eigenvalue weighted by Gasteiger charge is 2.59. The van der Waals surface area contributed by atoms with Gasteiger partial charge in [0.2, 0.25) is 11.8 Å². The van der Waals surface area contributed by atoms with Gasteiger partial charge in [-0.05, 0) is 27.7 Å². The molecule has 0 saturated carbocycles. The van der Waals surface area contributed by atoms with Crippen molar-refractivity contribution < 1.29 is 34.7 Å². The van der Waals surface area contributed by atoms with Crippen LogP contribution in [0.3, 0.4) is 0 Å². The van der Waals surface area contributed by atoms with E-state index in [0.717, 1.165) is 9.80 Å². The lowest BCUT2D eigenvalue weighted by molar-refractivity contribution is -0.329. The molecular weight excluding hydrogens is 308 g/mol. The molecule has 4 amide bonds. The summed E-state index contributed by atoms with van der Waals surface area (Å²) in [6.07, 6.45) is -0.411. The topological polar surface area (TPSA) is 117 Å². The Hall–Kier alpha value is -1.55. The maximum Gasteiger partial charge on any atom is 0.332 e. The predicted molar refractivity (Wildman–Crippen MR) is 78.2 cm³/mol. The number of amides is 4. The van der Waals surface area contributed by atoms with E-state index in [2.05, 4.69) is 9.78 Å². The Kier molecular flexibility index (Phi) is 5.22. The number of hydrogen-bond acceptors (Lipinski definition) is 7. The minimum Gasteiger partial charge on any atom is -0.273 e. The second-order valence-electron chi connectivity index (χ2n) is 7.15. The van der Waals surface area contributed by atoms with Crippen LogP contribution < -0.4 is 0 Å². The van der Waals surface area contributed by atoms with E-state index in [1.807, 2.05) is 0 Å². The van der Waals surface area contributed by atoms with Crippen LogP contribution in [0.25, 0.3) is 0 Å². The Labute approximate surface area is 134 Å². The molecule has 0 aromatic heterocycles. The Bertz CT molecular complexity index is 471. The monoisotopic (exact) mass is 332 g/mol. The fourth-order valence-electron chi connectivity index (χ4n) is 3.02. The van der Waals surface area contributed by atoms with Gasteiger partial charge in [-0.1, -0.05) is 0 Å². The van der Waals surface area contributed by atoms with E-state index in [4.69, 9.17) is 10.5 Å². The van der Waals surface area contributed by atoms with Crippen molar-refractivity contribution >= 4 is 17.8 Å². The van der Waals surface area contributed by atoms with Crippen molar-refractivity contribution in [1.29, 1.82) is 0 Å². The van der Waals surface area contributed by atoms with Gasteiger partial charge in [0.05, 0.1) is 11.2 Å². The Balaban J connectivity index is 3.46. The predicted octanol–water partition coefficient (Wildman–Crippen LogP) is 1.34. The summed E-state index contributed by atoms with van der Waals surface area (Å²) >= 11 is 0. The van der Waals surface area contributed by atoms with E-state index < -0.39 is 34.5 Å². The summed E-state index contributed by atoms with van der Waals surface area (Å²) in [7, 11) is 2.53. The summed E-state index contributed by atoms with van der Waals surface area (Å²) in [4.78, 5) is 47.9. The van der Waals surface area contributed by atoms with Crippen LogP contribution in [0.1, 0.15) is 40.5 Å². The largest absolute Gasteiger partial charge is 0.332 e. The second kappa shape index (κ2) is 6.16. The van der Waals surface area contributed by atoms with E-state index in [-0.39, 0.29) is 12.8 Å². The maximum atomic E-state index is 12.8. The first-order valence-corrected chi connectivity index (χ1v) is 7.09. The molecular formula is C14H24N2O7. The van der Waals surface area contributed by atoms with Crippen molar-refractivity contribution in [2.24, 2.45) is 5.41 Å². The number of carbonyl (C=O) groups excluding carboxylic acids is 3. The van der Waals surface area contributed by atoms with E-state index >= 15 is 0 Å². The van der Waals surface area contributed by atoms with Crippen molar-refractivity contribution in [2.75, 3.05) is 14.1 Å². The third kappa shape index (κ3) is 3.52. The summed E-state index contributed by atoms with van der Waals surface area (Å²) in [5.41, 5.74) is -4.20. The van der Waals surface area contributed by atoms with E-state index in [9.17, 15) is 14.4 Å². The summed E-state index contributed by atoms with van der Waals surface area (Å²) < 4.78 is 0. The first-order valence-electron chi connectivity index (χ1n) is 7.09. The zero-order valence-electron chi connectivity index (χ0n) is 14.2. The van der Waals surface area contributed by atoms with Gasteiger partial charge in [0.1, 0.15) is 5.41 Å². The normalized spacial score (nSPS) is 19.6. The van der Waals surface area contributed by atoms with Crippen molar-refractivity contribution in [3.8, 4) is 0 Å². The highest BCUT2D eigenvalue weighted by molar-refractivity contribution is 6.18. The van der Waals surface area contributed by atoms with Gasteiger partial charge in [-0.25, -0.2) is 14.6 Å². The van der Waals surface area contributed by atoms with E-state index in [0.29, 0.717) is 0 Å². The fraction of sp³-hybridized carbons (Fsp3) is 0.786. The Morgan fingerprint density at radius 2 is 1.17 bits per heavy atom. The molecule has 0 aromatic carbocycles. The number of imide groups is 2. The molecule has 1 saturated heterocycles. The number of nitrogens with zero attached hydrogens (tertiary/aromatic N) is 2. The molecule has 9 nitrogen and oxygen atoms in total. The van der Waals surface area contributed by atoms with Crippen LogP contribution in [-0.2, 0) is 19.4 Å². The van der Waals surface area contributed by atoms with Crippen molar-refractivity contribution in [3.05, 3.63) is 0 Å². The average molecular weight is 332 g/mol. The third-order valence-corrected chi connectivity index (χ3v) is 3.95. The van der Waals surface area contributed by atoms with Crippen molar-refractivity contribution in [2.45, 2.75) is 51.7 Å². The van der Waals surface area contributed by atoms with Crippen LogP contribution in [0.15, 0.2) is 0 Å². The van der Waals surface area contributed by atoms with Crippen LogP contribution in [0, 0.1) is 5.41 Å². The molecule has 0 radical (unpaired) electrons. The third-order valence-electron chi connectivity index (χ3n) is 3.95.